The SMILES string of the molecule is CC(C)(O)C#N.CCC#N. The highest BCUT2D eigenvalue weighted by molar-refractivity contribution is 4.91. The molecule has 0 aromatic rings. The summed E-state index contributed by atoms with van der Waals surface area (Å²) in [7, 11) is 0. The molecule has 1 N–H and O–H groups in total. The third-order valence-corrected chi connectivity index (χ3v) is 0.432. The standard InChI is InChI=1S/C4H7NO.C3H5N/c1-4(2,6)3-5;1-2-3-4/h6H,1-2H3;2H2,1H3. The lowest BCUT2D eigenvalue weighted by molar-refractivity contribution is 0.141. The van der Waals surface area contributed by atoms with E-state index in [1.165, 1.54) is 13.8 Å². The highest BCUT2D eigenvalue weighted by Gasteiger charge is 2.07. The molecular weight excluding hydrogens is 128 g/mol. The van der Waals surface area contributed by atoms with Gasteiger partial charge in [-0.2, -0.15) is 10.5 Å². The molecule has 0 aliphatic carbocycles. The van der Waals surface area contributed by atoms with E-state index in [9.17, 15) is 0 Å². The molecule has 0 saturated heterocycles. The Bertz CT molecular complexity index is 144. The lowest BCUT2D eigenvalue weighted by Crippen LogP contribution is -2.13. The third-order valence-electron chi connectivity index (χ3n) is 0.432. The second-order valence-electron chi connectivity index (χ2n) is 2.18. The van der Waals surface area contributed by atoms with Crippen molar-refractivity contribution < 1.29 is 5.11 Å². The number of aliphatic hydroxyl groups is 1. The molecule has 0 saturated carbocycles. The predicted molar refractivity (Wildman–Crippen MR) is 37.8 cm³/mol. The molecule has 0 aromatic heterocycles. The molecule has 0 spiro atoms. The minimum Gasteiger partial charge on any atom is -0.376 e. The summed E-state index contributed by atoms with van der Waals surface area (Å²) < 4.78 is 0. The van der Waals surface area contributed by atoms with E-state index in [-0.39, 0.29) is 0 Å². The summed E-state index contributed by atoms with van der Waals surface area (Å²) in [5.41, 5.74) is -1.15. The van der Waals surface area contributed by atoms with Crippen molar-refractivity contribution in [1.82, 2.24) is 0 Å². The Morgan fingerprint density at radius 3 is 1.60 bits per heavy atom. The first-order valence-corrected chi connectivity index (χ1v) is 2.98. The smallest absolute Gasteiger partial charge is 0.145 e. The van der Waals surface area contributed by atoms with E-state index < -0.39 is 5.60 Å². The Morgan fingerprint density at radius 2 is 1.60 bits per heavy atom. The van der Waals surface area contributed by atoms with Crippen LogP contribution in [0.1, 0.15) is 27.2 Å². The van der Waals surface area contributed by atoms with Crippen LogP contribution in [0.4, 0.5) is 0 Å². The largest absolute Gasteiger partial charge is 0.376 e. The van der Waals surface area contributed by atoms with Gasteiger partial charge >= 0.3 is 0 Å². The van der Waals surface area contributed by atoms with E-state index in [2.05, 4.69) is 0 Å². The van der Waals surface area contributed by atoms with Crippen LogP contribution in [-0.2, 0) is 0 Å². The van der Waals surface area contributed by atoms with Crippen molar-refractivity contribution in [2.45, 2.75) is 32.8 Å². The molecule has 0 rings (SSSR count). The summed E-state index contributed by atoms with van der Waals surface area (Å²) in [6, 6.07) is 3.59. The maximum Gasteiger partial charge on any atom is 0.145 e. The maximum absolute atomic E-state index is 8.47. The molecule has 0 aliphatic rings. The molecule has 3 heteroatoms. The minimum atomic E-state index is -1.15. The van der Waals surface area contributed by atoms with Crippen LogP contribution in [0.2, 0.25) is 0 Å². The first-order chi connectivity index (χ1) is 4.47. The van der Waals surface area contributed by atoms with Crippen molar-refractivity contribution in [1.29, 1.82) is 10.5 Å². The van der Waals surface area contributed by atoms with Crippen molar-refractivity contribution in [2.24, 2.45) is 0 Å². The molecule has 0 radical (unpaired) electrons. The van der Waals surface area contributed by atoms with Gasteiger partial charge < -0.3 is 5.11 Å². The van der Waals surface area contributed by atoms with Crippen molar-refractivity contribution in [3.8, 4) is 12.1 Å². The molecular formula is C7H12N2O. The van der Waals surface area contributed by atoms with Crippen LogP contribution < -0.4 is 0 Å². The van der Waals surface area contributed by atoms with E-state index in [0.29, 0.717) is 6.42 Å². The van der Waals surface area contributed by atoms with Crippen molar-refractivity contribution >= 4 is 0 Å². The number of nitrogens with zero attached hydrogens (tertiary/aromatic N) is 2. The molecule has 0 fully saturated rings. The highest BCUT2D eigenvalue weighted by atomic mass is 16.3. The zero-order valence-electron chi connectivity index (χ0n) is 6.55. The Hall–Kier alpha value is -1.06. The van der Waals surface area contributed by atoms with E-state index in [4.69, 9.17) is 15.6 Å². The molecule has 0 heterocycles. The summed E-state index contributed by atoms with van der Waals surface area (Å²) in [5.74, 6) is 0. The van der Waals surface area contributed by atoms with E-state index in [0.717, 1.165) is 0 Å². The van der Waals surface area contributed by atoms with Gasteiger partial charge in [-0.15, -0.1) is 0 Å². The van der Waals surface area contributed by atoms with Crippen LogP contribution in [0.15, 0.2) is 0 Å². The van der Waals surface area contributed by atoms with Gasteiger partial charge in [0.25, 0.3) is 0 Å². The normalized spacial score (nSPS) is 8.20. The number of hydrogen-bond donors (Lipinski definition) is 1. The van der Waals surface area contributed by atoms with Crippen LogP contribution in [0.3, 0.4) is 0 Å². The molecule has 0 bridgehead atoms. The zero-order chi connectivity index (χ0) is 8.62. The Morgan fingerprint density at radius 1 is 1.40 bits per heavy atom. The first-order valence-electron chi connectivity index (χ1n) is 2.98. The Labute approximate surface area is 61.5 Å². The van der Waals surface area contributed by atoms with E-state index in [1.807, 2.05) is 13.0 Å². The van der Waals surface area contributed by atoms with Gasteiger partial charge in [-0.3, -0.25) is 0 Å². The lowest BCUT2D eigenvalue weighted by Gasteiger charge is -2.00. The fourth-order valence-corrected chi connectivity index (χ4v) is 0. The average Bonchev–Trinajstić information content (AvgIpc) is 1.87. The van der Waals surface area contributed by atoms with Crippen LogP contribution in [0, 0.1) is 22.7 Å². The fourth-order valence-electron chi connectivity index (χ4n) is 0. The Balaban J connectivity index is 0. The summed E-state index contributed by atoms with van der Waals surface area (Å²) in [5, 5.41) is 24.0. The fraction of sp³-hybridized carbons (Fsp3) is 0.714. The first kappa shape index (κ1) is 11.7. The van der Waals surface area contributed by atoms with Gasteiger partial charge in [-0.1, -0.05) is 6.92 Å². The van der Waals surface area contributed by atoms with Gasteiger partial charge in [-0.25, -0.2) is 0 Å². The predicted octanol–water partition coefficient (Wildman–Crippen LogP) is 1.20. The average molecular weight is 140 g/mol. The molecule has 10 heavy (non-hydrogen) atoms. The zero-order valence-corrected chi connectivity index (χ0v) is 6.55. The second kappa shape index (κ2) is 6.07. The quantitative estimate of drug-likeness (QED) is 0.514. The van der Waals surface area contributed by atoms with Gasteiger partial charge in [0.1, 0.15) is 5.60 Å². The minimum absolute atomic E-state index is 0.625. The van der Waals surface area contributed by atoms with Gasteiger partial charge in [0.2, 0.25) is 0 Å². The topological polar surface area (TPSA) is 67.8 Å². The highest BCUT2D eigenvalue weighted by Crippen LogP contribution is 1.93. The number of rotatable bonds is 0. The van der Waals surface area contributed by atoms with Crippen molar-refractivity contribution in [2.75, 3.05) is 0 Å². The van der Waals surface area contributed by atoms with Gasteiger partial charge in [0, 0.05) is 6.42 Å². The molecule has 0 aliphatic heterocycles. The maximum atomic E-state index is 8.47. The van der Waals surface area contributed by atoms with E-state index in [1.54, 1.807) is 6.07 Å². The monoisotopic (exact) mass is 140 g/mol. The summed E-state index contributed by atoms with van der Waals surface area (Å²) in [6.07, 6.45) is 0.625. The molecule has 3 nitrogen and oxygen atoms in total. The number of nitriles is 2. The van der Waals surface area contributed by atoms with E-state index >= 15 is 0 Å². The van der Waals surface area contributed by atoms with Gasteiger partial charge in [0.05, 0.1) is 12.1 Å². The molecule has 0 atom stereocenters. The number of hydrogen-bond acceptors (Lipinski definition) is 3. The van der Waals surface area contributed by atoms with Crippen LogP contribution >= 0.6 is 0 Å². The molecule has 56 valence electrons. The second-order valence-corrected chi connectivity index (χ2v) is 2.18. The molecule has 0 amide bonds. The summed E-state index contributed by atoms with van der Waals surface area (Å²) in [4.78, 5) is 0. The Kier molecular flexibility index (Phi) is 7.10. The van der Waals surface area contributed by atoms with Crippen LogP contribution in [-0.4, -0.2) is 10.7 Å². The van der Waals surface area contributed by atoms with Gasteiger partial charge in [0.15, 0.2) is 0 Å². The van der Waals surface area contributed by atoms with Crippen LogP contribution in [0.5, 0.6) is 0 Å². The summed E-state index contributed by atoms with van der Waals surface area (Å²) >= 11 is 0. The summed E-state index contributed by atoms with van der Waals surface area (Å²) in [6.45, 7) is 4.69. The van der Waals surface area contributed by atoms with Crippen molar-refractivity contribution in [3.05, 3.63) is 0 Å². The van der Waals surface area contributed by atoms with Gasteiger partial charge in [-0.05, 0) is 13.8 Å². The third kappa shape index (κ3) is 28.3. The van der Waals surface area contributed by atoms with Crippen LogP contribution in [0.25, 0.3) is 0 Å². The lowest BCUT2D eigenvalue weighted by atomic mass is 10.2. The molecule has 0 aromatic carbocycles. The molecule has 0 unspecified atom stereocenters. The van der Waals surface area contributed by atoms with Crippen molar-refractivity contribution in [3.63, 3.8) is 0 Å².